The summed E-state index contributed by atoms with van der Waals surface area (Å²) in [4.78, 5) is 15.3. The number of hydrogen-bond donors (Lipinski definition) is 1. The second kappa shape index (κ2) is 9.08. The van der Waals surface area contributed by atoms with Gasteiger partial charge in [0.15, 0.2) is 5.69 Å². The third-order valence-electron chi connectivity index (χ3n) is 6.23. The number of fused-ring (bicyclic) bond motifs is 1. The Morgan fingerprint density at radius 2 is 2.03 bits per heavy atom. The lowest BCUT2D eigenvalue weighted by Gasteiger charge is -2.25. The van der Waals surface area contributed by atoms with E-state index in [4.69, 9.17) is 5.10 Å². The molecule has 0 unspecified atom stereocenters. The summed E-state index contributed by atoms with van der Waals surface area (Å²) >= 11 is 0. The number of aromatic nitrogens is 2. The number of rotatable bonds is 5. The van der Waals surface area contributed by atoms with E-state index in [0.29, 0.717) is 12.2 Å². The van der Waals surface area contributed by atoms with Crippen LogP contribution < -0.4 is 5.32 Å². The smallest absolute Gasteiger partial charge is 0.274 e. The molecule has 1 fully saturated rings. The molecule has 6 heteroatoms. The summed E-state index contributed by atoms with van der Waals surface area (Å²) in [6.45, 7) is 5.19. The molecule has 5 nitrogen and oxygen atoms in total. The van der Waals surface area contributed by atoms with Crippen LogP contribution in [0.3, 0.4) is 0 Å². The van der Waals surface area contributed by atoms with Crippen molar-refractivity contribution in [2.75, 3.05) is 13.1 Å². The van der Waals surface area contributed by atoms with Gasteiger partial charge in [0.1, 0.15) is 5.82 Å². The van der Waals surface area contributed by atoms with Gasteiger partial charge in [0, 0.05) is 43.5 Å². The molecule has 1 amide bonds. The fraction of sp³-hybridized carbons (Fsp3) is 0.565. The maximum absolute atomic E-state index is 13.4. The maximum Gasteiger partial charge on any atom is 0.274 e. The number of carbonyl (C=O) groups excluding carboxylic acids is 1. The normalized spacial score (nSPS) is 19.7. The number of hydrogen-bond acceptors (Lipinski definition) is 3. The second-order valence-electron chi connectivity index (χ2n) is 8.25. The molecule has 4 rings (SSSR count). The van der Waals surface area contributed by atoms with E-state index in [0.717, 1.165) is 62.9 Å². The molecule has 1 N–H and O–H groups in total. The summed E-state index contributed by atoms with van der Waals surface area (Å²) in [6, 6.07) is 7.00. The molecule has 1 atom stereocenters. The van der Waals surface area contributed by atoms with Crippen molar-refractivity contribution in [3.8, 4) is 0 Å². The SMILES string of the molecule is CCn1nc(C(=O)N2CCCCCC2)c2c1CC[C@H](NCc1cccc(F)c1)C2. The summed E-state index contributed by atoms with van der Waals surface area (Å²) in [6.07, 6.45) is 7.31. The molecule has 156 valence electrons. The quantitative estimate of drug-likeness (QED) is 0.835. The van der Waals surface area contributed by atoms with Crippen LogP contribution in [0, 0.1) is 5.82 Å². The van der Waals surface area contributed by atoms with Crippen LogP contribution in [0.1, 0.15) is 66.3 Å². The van der Waals surface area contributed by atoms with Crippen molar-refractivity contribution in [3.63, 3.8) is 0 Å². The number of halogens is 1. The summed E-state index contributed by atoms with van der Waals surface area (Å²) in [5.74, 6) is -0.106. The fourth-order valence-electron chi connectivity index (χ4n) is 4.63. The number of nitrogens with one attached hydrogen (secondary N) is 1. The lowest BCUT2D eigenvalue weighted by Crippen LogP contribution is -2.36. The van der Waals surface area contributed by atoms with Crippen molar-refractivity contribution in [2.24, 2.45) is 0 Å². The minimum atomic E-state index is -0.204. The Morgan fingerprint density at radius 1 is 1.24 bits per heavy atom. The van der Waals surface area contributed by atoms with Crippen LogP contribution in [0.2, 0.25) is 0 Å². The van der Waals surface area contributed by atoms with E-state index in [-0.39, 0.29) is 17.8 Å². The van der Waals surface area contributed by atoms with Crippen molar-refractivity contribution in [1.29, 1.82) is 0 Å². The molecule has 2 aliphatic rings. The van der Waals surface area contributed by atoms with Gasteiger partial charge in [-0.2, -0.15) is 5.10 Å². The van der Waals surface area contributed by atoms with Gasteiger partial charge in [-0.25, -0.2) is 4.39 Å². The zero-order chi connectivity index (χ0) is 20.2. The predicted octanol–water partition coefficient (Wildman–Crippen LogP) is 3.71. The lowest BCUT2D eigenvalue weighted by atomic mass is 9.91. The van der Waals surface area contributed by atoms with Gasteiger partial charge >= 0.3 is 0 Å². The first kappa shape index (κ1) is 20.1. The van der Waals surface area contributed by atoms with Gasteiger partial charge in [0.05, 0.1) is 0 Å². The highest BCUT2D eigenvalue weighted by Gasteiger charge is 2.31. The second-order valence-corrected chi connectivity index (χ2v) is 8.25. The third kappa shape index (κ3) is 4.53. The molecular formula is C23H31FN4O. The van der Waals surface area contributed by atoms with Crippen molar-refractivity contribution in [3.05, 3.63) is 52.6 Å². The Kier molecular flexibility index (Phi) is 6.28. The molecule has 1 saturated heterocycles. The van der Waals surface area contributed by atoms with Crippen LogP contribution in [0.4, 0.5) is 4.39 Å². The molecule has 1 aliphatic heterocycles. The topological polar surface area (TPSA) is 50.2 Å². The maximum atomic E-state index is 13.4. The first-order chi connectivity index (χ1) is 14.2. The molecule has 0 radical (unpaired) electrons. The van der Waals surface area contributed by atoms with Gasteiger partial charge in [0.2, 0.25) is 0 Å². The van der Waals surface area contributed by atoms with Gasteiger partial charge < -0.3 is 10.2 Å². The van der Waals surface area contributed by atoms with Gasteiger partial charge in [0.25, 0.3) is 5.91 Å². The number of likely N-dealkylation sites (tertiary alicyclic amines) is 1. The highest BCUT2D eigenvalue weighted by Crippen LogP contribution is 2.27. The Balaban J connectivity index is 1.50. The Bertz CT molecular complexity index is 855. The van der Waals surface area contributed by atoms with Crippen LogP contribution in [0.5, 0.6) is 0 Å². The molecule has 29 heavy (non-hydrogen) atoms. The van der Waals surface area contributed by atoms with Crippen molar-refractivity contribution >= 4 is 5.91 Å². The molecular weight excluding hydrogens is 367 g/mol. The van der Waals surface area contributed by atoms with E-state index in [1.165, 1.54) is 24.6 Å². The van der Waals surface area contributed by atoms with E-state index in [9.17, 15) is 9.18 Å². The van der Waals surface area contributed by atoms with Gasteiger partial charge in [-0.1, -0.05) is 25.0 Å². The molecule has 2 heterocycles. The molecule has 2 aromatic rings. The molecule has 0 bridgehead atoms. The van der Waals surface area contributed by atoms with Crippen molar-refractivity contribution in [1.82, 2.24) is 20.0 Å². The van der Waals surface area contributed by atoms with Crippen LogP contribution >= 0.6 is 0 Å². The largest absolute Gasteiger partial charge is 0.337 e. The summed E-state index contributed by atoms with van der Waals surface area (Å²) in [5.41, 5.74) is 3.93. The van der Waals surface area contributed by atoms with E-state index in [2.05, 4.69) is 12.2 Å². The molecule has 0 saturated carbocycles. The van der Waals surface area contributed by atoms with Crippen LogP contribution in [-0.4, -0.2) is 39.7 Å². The van der Waals surface area contributed by atoms with Gasteiger partial charge in [-0.15, -0.1) is 0 Å². The minimum absolute atomic E-state index is 0.0983. The third-order valence-corrected chi connectivity index (χ3v) is 6.23. The lowest BCUT2D eigenvalue weighted by molar-refractivity contribution is 0.0753. The highest BCUT2D eigenvalue weighted by atomic mass is 19.1. The fourth-order valence-corrected chi connectivity index (χ4v) is 4.63. The van der Waals surface area contributed by atoms with E-state index in [1.807, 2.05) is 15.6 Å². The Labute approximate surface area is 172 Å². The average Bonchev–Trinajstić information content (AvgIpc) is 2.89. The van der Waals surface area contributed by atoms with Crippen molar-refractivity contribution < 1.29 is 9.18 Å². The van der Waals surface area contributed by atoms with Crippen LogP contribution in [0.25, 0.3) is 0 Å². The summed E-state index contributed by atoms with van der Waals surface area (Å²) < 4.78 is 15.5. The number of aryl methyl sites for hydroxylation is 1. The number of carbonyl (C=O) groups is 1. The zero-order valence-electron chi connectivity index (χ0n) is 17.3. The van der Waals surface area contributed by atoms with E-state index in [1.54, 1.807) is 12.1 Å². The predicted molar refractivity (Wildman–Crippen MR) is 111 cm³/mol. The number of benzene rings is 1. The number of nitrogens with zero attached hydrogens (tertiary/aromatic N) is 3. The van der Waals surface area contributed by atoms with Gasteiger partial charge in [-0.3, -0.25) is 9.48 Å². The van der Waals surface area contributed by atoms with E-state index >= 15 is 0 Å². The van der Waals surface area contributed by atoms with E-state index < -0.39 is 0 Å². The van der Waals surface area contributed by atoms with Gasteiger partial charge in [-0.05, 0) is 56.7 Å². The minimum Gasteiger partial charge on any atom is -0.337 e. The zero-order valence-corrected chi connectivity index (χ0v) is 17.3. The first-order valence-electron chi connectivity index (χ1n) is 11.0. The van der Waals surface area contributed by atoms with Crippen LogP contribution in [0.15, 0.2) is 24.3 Å². The monoisotopic (exact) mass is 398 g/mol. The van der Waals surface area contributed by atoms with Crippen molar-refractivity contribution in [2.45, 2.75) is 71.0 Å². The summed E-state index contributed by atoms with van der Waals surface area (Å²) in [7, 11) is 0. The highest BCUT2D eigenvalue weighted by molar-refractivity contribution is 5.94. The standard InChI is InChI=1S/C23H31FN4O/c1-2-28-21-11-10-19(25-16-17-8-7-9-18(24)14-17)15-20(21)22(26-28)23(29)27-12-5-3-4-6-13-27/h7-9,14,19,25H,2-6,10-13,15-16H2,1H3/t19-/m0/s1. The average molecular weight is 399 g/mol. The molecule has 1 aliphatic carbocycles. The molecule has 1 aromatic carbocycles. The summed E-state index contributed by atoms with van der Waals surface area (Å²) in [5, 5.41) is 8.29. The Hall–Kier alpha value is -2.21. The first-order valence-corrected chi connectivity index (χ1v) is 11.0. The molecule has 0 spiro atoms. The van der Waals surface area contributed by atoms with Crippen LogP contribution in [-0.2, 0) is 25.9 Å². The Morgan fingerprint density at radius 3 is 2.76 bits per heavy atom. The molecule has 1 aromatic heterocycles. The number of amides is 1.